The third-order valence-electron chi connectivity index (χ3n) is 3.14. The highest BCUT2D eigenvalue weighted by Gasteiger charge is 2.13. The Balaban J connectivity index is 1.81. The number of aryl methyl sites for hydroxylation is 1. The molecule has 0 atom stereocenters. The van der Waals surface area contributed by atoms with Crippen molar-refractivity contribution in [2.45, 2.75) is 33.0 Å². The predicted molar refractivity (Wildman–Crippen MR) is 80.5 cm³/mol. The molecule has 0 saturated carbocycles. The molecule has 1 heterocycles. The average molecular weight is 340 g/mol. The number of benzene rings is 1. The lowest BCUT2D eigenvalue weighted by Gasteiger charge is -2.16. The molecule has 0 fully saturated rings. The van der Waals surface area contributed by atoms with E-state index in [9.17, 15) is 13.6 Å². The van der Waals surface area contributed by atoms with Gasteiger partial charge in [0.2, 0.25) is 5.89 Å². The van der Waals surface area contributed by atoms with Gasteiger partial charge in [-0.2, -0.15) is 13.8 Å². The van der Waals surface area contributed by atoms with Crippen LogP contribution in [-0.4, -0.2) is 34.7 Å². The highest BCUT2D eigenvalue weighted by molar-refractivity contribution is 5.73. The first-order chi connectivity index (χ1) is 11.5. The zero-order valence-corrected chi connectivity index (χ0v) is 13.3. The molecule has 0 spiro atoms. The number of carbonyl (C=O) groups excluding carboxylic acids is 1. The molecule has 9 heteroatoms. The molecule has 0 aliphatic rings. The second kappa shape index (κ2) is 8.23. The predicted octanol–water partition coefficient (Wildman–Crippen LogP) is 2.58. The van der Waals surface area contributed by atoms with Crippen LogP contribution in [0.15, 0.2) is 28.8 Å². The SMILES string of the molecule is CCc1noc(CN(C)C(=O)NCc2ccc(OC(F)F)cc2)n1. The van der Waals surface area contributed by atoms with Crippen LogP contribution in [-0.2, 0) is 19.5 Å². The first kappa shape index (κ1) is 17.6. The molecule has 1 N–H and O–H groups in total. The van der Waals surface area contributed by atoms with Gasteiger partial charge >= 0.3 is 12.6 Å². The van der Waals surface area contributed by atoms with E-state index in [-0.39, 0.29) is 24.9 Å². The Morgan fingerprint density at radius 1 is 1.38 bits per heavy atom. The minimum absolute atomic E-state index is 0.0697. The molecule has 130 valence electrons. The number of alkyl halides is 2. The third-order valence-corrected chi connectivity index (χ3v) is 3.14. The van der Waals surface area contributed by atoms with Crippen LogP contribution in [0.2, 0.25) is 0 Å². The summed E-state index contributed by atoms with van der Waals surface area (Å²) in [5, 5.41) is 6.47. The molecule has 2 amide bonds. The Labute approximate surface area is 137 Å². The van der Waals surface area contributed by atoms with Gasteiger partial charge in [-0.3, -0.25) is 0 Å². The van der Waals surface area contributed by atoms with Gasteiger partial charge in [0.1, 0.15) is 12.3 Å². The summed E-state index contributed by atoms with van der Waals surface area (Å²) in [6.07, 6.45) is 0.657. The fourth-order valence-corrected chi connectivity index (χ4v) is 1.87. The number of aromatic nitrogens is 2. The van der Waals surface area contributed by atoms with Crippen LogP contribution in [0.25, 0.3) is 0 Å². The Kier molecular flexibility index (Phi) is 6.05. The fourth-order valence-electron chi connectivity index (χ4n) is 1.87. The first-order valence-corrected chi connectivity index (χ1v) is 7.32. The lowest BCUT2D eigenvalue weighted by molar-refractivity contribution is -0.0498. The summed E-state index contributed by atoms with van der Waals surface area (Å²) < 4.78 is 33.4. The quantitative estimate of drug-likeness (QED) is 0.838. The molecule has 0 bridgehead atoms. The Hall–Kier alpha value is -2.71. The van der Waals surface area contributed by atoms with E-state index in [0.717, 1.165) is 5.56 Å². The zero-order valence-electron chi connectivity index (χ0n) is 13.3. The molecule has 1 aromatic carbocycles. The summed E-state index contributed by atoms with van der Waals surface area (Å²) in [5.41, 5.74) is 0.754. The van der Waals surface area contributed by atoms with Gasteiger partial charge in [0.05, 0.1) is 0 Å². The van der Waals surface area contributed by atoms with Crippen molar-refractivity contribution < 1.29 is 22.8 Å². The van der Waals surface area contributed by atoms with Crippen molar-refractivity contribution in [3.05, 3.63) is 41.5 Å². The maximum absolute atomic E-state index is 12.1. The molecular weight excluding hydrogens is 322 g/mol. The van der Waals surface area contributed by atoms with Crippen molar-refractivity contribution in [3.8, 4) is 5.75 Å². The molecule has 1 aromatic heterocycles. The van der Waals surface area contributed by atoms with Crippen molar-refractivity contribution in [2.24, 2.45) is 0 Å². The average Bonchev–Trinajstić information content (AvgIpc) is 3.01. The van der Waals surface area contributed by atoms with E-state index >= 15 is 0 Å². The third kappa shape index (κ3) is 5.18. The molecule has 0 aliphatic carbocycles. The highest BCUT2D eigenvalue weighted by atomic mass is 19.3. The number of amides is 2. The van der Waals surface area contributed by atoms with Gasteiger partial charge in [-0.1, -0.05) is 24.2 Å². The van der Waals surface area contributed by atoms with Gasteiger partial charge in [-0.25, -0.2) is 4.79 Å². The van der Waals surface area contributed by atoms with E-state index < -0.39 is 6.61 Å². The van der Waals surface area contributed by atoms with E-state index in [1.807, 2.05) is 6.92 Å². The van der Waals surface area contributed by atoms with Crippen molar-refractivity contribution in [1.82, 2.24) is 20.4 Å². The molecule has 2 aromatic rings. The number of urea groups is 1. The van der Waals surface area contributed by atoms with Crippen LogP contribution in [0, 0.1) is 0 Å². The number of hydrogen-bond donors (Lipinski definition) is 1. The van der Waals surface area contributed by atoms with Crippen LogP contribution < -0.4 is 10.1 Å². The number of hydrogen-bond acceptors (Lipinski definition) is 5. The van der Waals surface area contributed by atoms with Crippen molar-refractivity contribution in [1.29, 1.82) is 0 Å². The van der Waals surface area contributed by atoms with E-state index in [2.05, 4.69) is 20.2 Å². The lowest BCUT2D eigenvalue weighted by atomic mass is 10.2. The normalized spacial score (nSPS) is 10.7. The molecular formula is C15H18F2N4O3. The van der Waals surface area contributed by atoms with Crippen LogP contribution in [0.4, 0.5) is 13.6 Å². The monoisotopic (exact) mass is 340 g/mol. The van der Waals surface area contributed by atoms with Gasteiger partial charge in [-0.05, 0) is 17.7 Å². The van der Waals surface area contributed by atoms with Gasteiger partial charge < -0.3 is 19.5 Å². The summed E-state index contributed by atoms with van der Waals surface area (Å²) in [6.45, 7) is -0.507. The first-order valence-electron chi connectivity index (χ1n) is 7.32. The maximum atomic E-state index is 12.1. The topological polar surface area (TPSA) is 80.5 Å². The van der Waals surface area contributed by atoms with Gasteiger partial charge in [-0.15, -0.1) is 0 Å². The number of nitrogens with one attached hydrogen (secondary N) is 1. The van der Waals surface area contributed by atoms with Crippen LogP contribution in [0.5, 0.6) is 5.75 Å². The summed E-state index contributed by atoms with van der Waals surface area (Å²) >= 11 is 0. The van der Waals surface area contributed by atoms with Gasteiger partial charge in [0.15, 0.2) is 5.82 Å². The minimum atomic E-state index is -2.86. The molecule has 0 saturated heterocycles. The smallest absolute Gasteiger partial charge is 0.387 e. The fraction of sp³-hybridized carbons (Fsp3) is 0.400. The number of halogens is 2. The van der Waals surface area contributed by atoms with Crippen LogP contribution in [0.3, 0.4) is 0 Å². The summed E-state index contributed by atoms with van der Waals surface area (Å²) in [6, 6.07) is 5.72. The van der Waals surface area contributed by atoms with E-state index in [0.29, 0.717) is 18.1 Å². The molecule has 0 radical (unpaired) electrons. The Morgan fingerprint density at radius 3 is 2.67 bits per heavy atom. The second-order valence-electron chi connectivity index (χ2n) is 5.00. The number of ether oxygens (including phenoxy) is 1. The molecule has 0 unspecified atom stereocenters. The maximum Gasteiger partial charge on any atom is 0.387 e. The Morgan fingerprint density at radius 2 is 2.08 bits per heavy atom. The highest BCUT2D eigenvalue weighted by Crippen LogP contribution is 2.14. The summed E-state index contributed by atoms with van der Waals surface area (Å²) in [5.74, 6) is 1.02. The van der Waals surface area contributed by atoms with Crippen LogP contribution >= 0.6 is 0 Å². The second-order valence-corrected chi connectivity index (χ2v) is 5.00. The summed E-state index contributed by atoms with van der Waals surface area (Å²) in [7, 11) is 1.60. The molecule has 7 nitrogen and oxygen atoms in total. The molecule has 24 heavy (non-hydrogen) atoms. The zero-order chi connectivity index (χ0) is 17.5. The number of nitrogens with zero attached hydrogens (tertiary/aromatic N) is 3. The standard InChI is InChI=1S/C15H18F2N4O3/c1-3-12-19-13(24-20-12)9-21(2)15(22)18-8-10-4-6-11(7-5-10)23-14(16)17/h4-7,14H,3,8-9H2,1-2H3,(H,18,22). The van der Waals surface area contributed by atoms with Crippen molar-refractivity contribution >= 4 is 6.03 Å². The van der Waals surface area contributed by atoms with Crippen molar-refractivity contribution in [3.63, 3.8) is 0 Å². The van der Waals surface area contributed by atoms with E-state index in [1.54, 1.807) is 19.2 Å². The summed E-state index contributed by atoms with van der Waals surface area (Å²) in [4.78, 5) is 17.5. The van der Waals surface area contributed by atoms with E-state index in [1.165, 1.54) is 17.0 Å². The molecule has 0 aliphatic heterocycles. The number of rotatable bonds is 7. The number of carbonyl (C=O) groups is 1. The van der Waals surface area contributed by atoms with Crippen LogP contribution in [0.1, 0.15) is 24.2 Å². The lowest BCUT2D eigenvalue weighted by Crippen LogP contribution is -2.36. The van der Waals surface area contributed by atoms with Crippen molar-refractivity contribution in [2.75, 3.05) is 7.05 Å². The minimum Gasteiger partial charge on any atom is -0.435 e. The Bertz CT molecular complexity index is 661. The van der Waals surface area contributed by atoms with Gasteiger partial charge in [0, 0.05) is 20.0 Å². The molecule has 2 rings (SSSR count). The largest absolute Gasteiger partial charge is 0.435 e. The van der Waals surface area contributed by atoms with E-state index in [4.69, 9.17) is 4.52 Å². The van der Waals surface area contributed by atoms with Gasteiger partial charge in [0.25, 0.3) is 0 Å².